The zero-order valence-corrected chi connectivity index (χ0v) is 20.4. The van der Waals surface area contributed by atoms with Crippen LogP contribution in [0.4, 0.5) is 0 Å². The summed E-state index contributed by atoms with van der Waals surface area (Å²) < 4.78 is 13.4. The molecule has 1 aliphatic heterocycles. The second kappa shape index (κ2) is 10.3. The van der Waals surface area contributed by atoms with E-state index in [4.69, 9.17) is 9.47 Å². The Morgan fingerprint density at radius 2 is 1.91 bits per heavy atom. The Hall–Kier alpha value is -2.98. The van der Waals surface area contributed by atoms with Crippen LogP contribution in [0, 0.1) is 5.92 Å². The fraction of sp³-hybridized carbons (Fsp3) is 0.600. The Kier molecular flexibility index (Phi) is 7.01. The third-order valence-corrected chi connectivity index (χ3v) is 7.04. The zero-order chi connectivity index (χ0) is 24.4. The van der Waals surface area contributed by atoms with Crippen molar-refractivity contribution in [2.24, 2.45) is 5.92 Å². The summed E-state index contributed by atoms with van der Waals surface area (Å²) in [5.41, 5.74) is 1.23. The SMILES string of the molecule is CC(C)[C@@H](c1nnnn1C1CCCC1)N(CCCO)Cc1cc2cc3c(cc2[nH]c1=O)OCCO3. The molecule has 10 heteroatoms. The van der Waals surface area contributed by atoms with Crippen LogP contribution in [0.25, 0.3) is 10.9 Å². The van der Waals surface area contributed by atoms with Gasteiger partial charge in [-0.15, -0.1) is 5.10 Å². The van der Waals surface area contributed by atoms with Crippen molar-refractivity contribution in [1.29, 1.82) is 0 Å². The predicted octanol–water partition coefficient (Wildman–Crippen LogP) is 2.98. The van der Waals surface area contributed by atoms with E-state index in [0.717, 1.165) is 29.6 Å². The van der Waals surface area contributed by atoms with E-state index in [2.05, 4.69) is 39.3 Å². The lowest BCUT2D eigenvalue weighted by Gasteiger charge is -2.34. The number of pyridine rings is 1. The number of aromatic nitrogens is 5. The fourth-order valence-electron chi connectivity index (χ4n) is 5.40. The van der Waals surface area contributed by atoms with E-state index >= 15 is 0 Å². The number of fused-ring (bicyclic) bond motifs is 2. The molecule has 2 N–H and O–H groups in total. The number of ether oxygens (including phenoxy) is 2. The van der Waals surface area contributed by atoms with E-state index in [0.29, 0.717) is 55.8 Å². The van der Waals surface area contributed by atoms with Crippen LogP contribution >= 0.6 is 0 Å². The molecule has 3 heterocycles. The molecule has 2 aromatic heterocycles. The number of nitrogens with zero attached hydrogens (tertiary/aromatic N) is 5. The van der Waals surface area contributed by atoms with Gasteiger partial charge in [0, 0.05) is 36.7 Å². The number of aliphatic hydroxyl groups is 1. The van der Waals surface area contributed by atoms with Crippen LogP contribution < -0.4 is 15.0 Å². The first-order valence-electron chi connectivity index (χ1n) is 12.6. The summed E-state index contributed by atoms with van der Waals surface area (Å²) in [5.74, 6) is 2.38. The molecular weight excluding hydrogens is 448 g/mol. The van der Waals surface area contributed by atoms with E-state index in [1.54, 1.807) is 0 Å². The summed E-state index contributed by atoms with van der Waals surface area (Å²) in [6.45, 7) is 6.42. The third kappa shape index (κ3) is 4.90. The first kappa shape index (κ1) is 23.7. The van der Waals surface area contributed by atoms with Gasteiger partial charge < -0.3 is 19.6 Å². The molecule has 0 spiro atoms. The largest absolute Gasteiger partial charge is 0.486 e. The molecule has 3 aromatic rings. The van der Waals surface area contributed by atoms with E-state index < -0.39 is 0 Å². The summed E-state index contributed by atoms with van der Waals surface area (Å²) in [6.07, 6.45) is 5.14. The molecule has 0 radical (unpaired) electrons. The first-order chi connectivity index (χ1) is 17.0. The van der Waals surface area contributed by atoms with Gasteiger partial charge in [0.25, 0.3) is 5.56 Å². The topological polar surface area (TPSA) is 118 Å². The minimum absolute atomic E-state index is 0.0758. The van der Waals surface area contributed by atoms with Crippen LogP contribution in [0.5, 0.6) is 11.5 Å². The van der Waals surface area contributed by atoms with Gasteiger partial charge in [-0.1, -0.05) is 26.7 Å². The van der Waals surface area contributed by atoms with Gasteiger partial charge in [-0.25, -0.2) is 4.68 Å². The molecule has 1 atom stereocenters. The summed E-state index contributed by atoms with van der Waals surface area (Å²) in [7, 11) is 0. The molecule has 1 fully saturated rings. The molecule has 0 amide bonds. The molecule has 188 valence electrons. The summed E-state index contributed by atoms with van der Waals surface area (Å²) in [6, 6.07) is 5.90. The maximum atomic E-state index is 13.1. The monoisotopic (exact) mass is 482 g/mol. The van der Waals surface area contributed by atoms with Gasteiger partial charge in [0.1, 0.15) is 13.2 Å². The maximum Gasteiger partial charge on any atom is 0.252 e. The molecule has 0 saturated heterocycles. The van der Waals surface area contributed by atoms with Crippen LogP contribution in [0.2, 0.25) is 0 Å². The predicted molar refractivity (Wildman–Crippen MR) is 131 cm³/mol. The number of aliphatic hydroxyl groups excluding tert-OH is 1. The van der Waals surface area contributed by atoms with Crippen LogP contribution in [0.1, 0.15) is 69.4 Å². The van der Waals surface area contributed by atoms with E-state index in [1.807, 2.05) is 22.9 Å². The van der Waals surface area contributed by atoms with Crippen molar-refractivity contribution in [3.63, 3.8) is 0 Å². The summed E-state index contributed by atoms with van der Waals surface area (Å²) in [5, 5.41) is 23.3. The Balaban J connectivity index is 1.50. The zero-order valence-electron chi connectivity index (χ0n) is 20.4. The van der Waals surface area contributed by atoms with Crippen molar-refractivity contribution in [2.45, 2.75) is 64.6 Å². The average Bonchev–Trinajstić information content (AvgIpc) is 3.54. The minimum Gasteiger partial charge on any atom is -0.486 e. The summed E-state index contributed by atoms with van der Waals surface area (Å²) >= 11 is 0. The highest BCUT2D eigenvalue weighted by molar-refractivity contribution is 5.83. The second-order valence-corrected chi connectivity index (χ2v) is 9.86. The number of hydrogen-bond donors (Lipinski definition) is 2. The van der Waals surface area contributed by atoms with E-state index in [1.165, 1.54) is 12.8 Å². The molecular formula is C25H34N6O4. The van der Waals surface area contributed by atoms with Crippen molar-refractivity contribution in [2.75, 3.05) is 26.4 Å². The Morgan fingerprint density at radius 1 is 1.17 bits per heavy atom. The van der Waals surface area contributed by atoms with E-state index in [-0.39, 0.29) is 24.1 Å². The standard InChI is InChI=1S/C25H34N6O4/c1-16(2)23(24-27-28-29-31(24)19-6-3-4-7-19)30(8-5-9-32)15-18-12-17-13-21-22(35-11-10-34-21)14-20(17)26-25(18)33/h12-14,16,19,23,32H,3-11,15H2,1-2H3,(H,26,33)/t23-/m0/s1. The molecule has 5 rings (SSSR count). The highest BCUT2D eigenvalue weighted by atomic mass is 16.6. The second-order valence-electron chi connectivity index (χ2n) is 9.86. The van der Waals surface area contributed by atoms with Crippen LogP contribution in [-0.4, -0.2) is 61.6 Å². The number of tetrazole rings is 1. The highest BCUT2D eigenvalue weighted by Gasteiger charge is 2.32. The van der Waals surface area contributed by atoms with Gasteiger partial charge in [0.05, 0.1) is 17.6 Å². The quantitative estimate of drug-likeness (QED) is 0.478. The molecule has 35 heavy (non-hydrogen) atoms. The maximum absolute atomic E-state index is 13.1. The molecule has 10 nitrogen and oxygen atoms in total. The van der Waals surface area contributed by atoms with Crippen molar-refractivity contribution >= 4 is 10.9 Å². The summed E-state index contributed by atoms with van der Waals surface area (Å²) in [4.78, 5) is 18.4. The lowest BCUT2D eigenvalue weighted by atomic mass is 9.99. The number of rotatable bonds is 9. The molecule has 2 aliphatic rings. The van der Waals surface area contributed by atoms with Gasteiger partial charge in [0.2, 0.25) is 0 Å². The van der Waals surface area contributed by atoms with Gasteiger partial charge in [-0.2, -0.15) is 0 Å². The van der Waals surface area contributed by atoms with Crippen molar-refractivity contribution in [1.82, 2.24) is 30.1 Å². The van der Waals surface area contributed by atoms with Crippen LogP contribution in [0.15, 0.2) is 23.0 Å². The Bertz CT molecular complexity index is 1220. The molecule has 1 aromatic carbocycles. The average molecular weight is 483 g/mol. The van der Waals surface area contributed by atoms with Crippen LogP contribution in [0.3, 0.4) is 0 Å². The van der Waals surface area contributed by atoms with Crippen molar-refractivity contribution in [3.8, 4) is 11.5 Å². The molecule has 1 saturated carbocycles. The van der Waals surface area contributed by atoms with Gasteiger partial charge >= 0.3 is 0 Å². The van der Waals surface area contributed by atoms with Crippen molar-refractivity contribution in [3.05, 3.63) is 39.9 Å². The van der Waals surface area contributed by atoms with Gasteiger partial charge in [-0.05, 0) is 47.7 Å². The lowest BCUT2D eigenvalue weighted by Crippen LogP contribution is -2.37. The molecule has 0 bridgehead atoms. The number of hydrogen-bond acceptors (Lipinski definition) is 8. The van der Waals surface area contributed by atoms with Crippen molar-refractivity contribution < 1.29 is 14.6 Å². The molecule has 1 aliphatic carbocycles. The molecule has 0 unspecified atom stereocenters. The third-order valence-electron chi connectivity index (χ3n) is 7.04. The Labute approximate surface area is 204 Å². The number of aromatic amines is 1. The minimum atomic E-state index is -0.138. The first-order valence-corrected chi connectivity index (χ1v) is 12.6. The van der Waals surface area contributed by atoms with Gasteiger partial charge in [0.15, 0.2) is 17.3 Å². The number of benzene rings is 1. The lowest BCUT2D eigenvalue weighted by molar-refractivity contribution is 0.120. The highest BCUT2D eigenvalue weighted by Crippen LogP contribution is 2.36. The van der Waals surface area contributed by atoms with Crippen LogP contribution in [-0.2, 0) is 6.54 Å². The van der Waals surface area contributed by atoms with Gasteiger partial charge in [-0.3, -0.25) is 9.69 Å². The smallest absolute Gasteiger partial charge is 0.252 e. The number of H-pyrrole nitrogens is 1. The fourth-order valence-corrected chi connectivity index (χ4v) is 5.40. The van der Waals surface area contributed by atoms with E-state index in [9.17, 15) is 9.90 Å². The normalized spacial score (nSPS) is 17.1. The number of nitrogens with one attached hydrogen (secondary N) is 1. The Morgan fingerprint density at radius 3 is 2.63 bits per heavy atom.